The van der Waals surface area contributed by atoms with Gasteiger partial charge in [0.05, 0.1) is 32.8 Å². The molecule has 4 heterocycles. The fourth-order valence-corrected chi connectivity index (χ4v) is 4.50. The monoisotopic (exact) mass is 437 g/mol. The van der Waals surface area contributed by atoms with Gasteiger partial charge >= 0.3 is 5.97 Å². The van der Waals surface area contributed by atoms with Gasteiger partial charge in [0.25, 0.3) is 11.2 Å². The van der Waals surface area contributed by atoms with Crippen LogP contribution < -0.4 is 5.56 Å². The lowest BCUT2D eigenvalue weighted by atomic mass is 9.86. The Morgan fingerprint density at radius 3 is 2.81 bits per heavy atom. The number of nitro groups is 1. The standard InChI is InChI=1S/C22H19N3O7/c1-3-22(28)14-9-17-18-12(8-11-15(23-18)6-5-7-16(11)25(29)30)20(31-4-2)24(17)19(26)13(14)10-32-21(22)27/h5-9,20,28H,3-4,10H2,1-2H3/t20?,22-/m0/s1. The highest BCUT2D eigenvalue weighted by Gasteiger charge is 2.46. The number of hydrogen-bond acceptors (Lipinski definition) is 8. The van der Waals surface area contributed by atoms with E-state index >= 15 is 0 Å². The van der Waals surface area contributed by atoms with E-state index in [1.165, 1.54) is 10.6 Å². The number of nitro benzene ring substituents is 1. The maximum atomic E-state index is 13.5. The molecule has 2 aliphatic rings. The Labute approximate surface area is 181 Å². The maximum Gasteiger partial charge on any atom is 0.343 e. The van der Waals surface area contributed by atoms with E-state index in [9.17, 15) is 24.8 Å². The topological polar surface area (TPSA) is 134 Å². The van der Waals surface area contributed by atoms with Crippen molar-refractivity contribution >= 4 is 22.6 Å². The fourth-order valence-electron chi connectivity index (χ4n) is 4.50. The van der Waals surface area contributed by atoms with Crippen molar-refractivity contribution in [2.75, 3.05) is 6.61 Å². The van der Waals surface area contributed by atoms with Crippen LogP contribution in [0.25, 0.3) is 22.3 Å². The number of non-ortho nitro benzene ring substituents is 1. The molecule has 0 fully saturated rings. The molecule has 3 aromatic rings. The number of aromatic nitrogens is 2. The highest BCUT2D eigenvalue weighted by molar-refractivity contribution is 5.91. The lowest BCUT2D eigenvalue weighted by Crippen LogP contribution is -2.44. The van der Waals surface area contributed by atoms with E-state index in [1.807, 2.05) is 0 Å². The van der Waals surface area contributed by atoms with Crippen molar-refractivity contribution in [2.45, 2.75) is 38.7 Å². The van der Waals surface area contributed by atoms with Gasteiger partial charge < -0.3 is 14.6 Å². The molecule has 5 rings (SSSR count). The Kier molecular flexibility index (Phi) is 4.40. The molecule has 2 aliphatic heterocycles. The van der Waals surface area contributed by atoms with Gasteiger partial charge in [0.15, 0.2) is 11.8 Å². The molecule has 2 aromatic heterocycles. The first-order valence-electron chi connectivity index (χ1n) is 10.2. The smallest absolute Gasteiger partial charge is 0.343 e. The second-order valence-electron chi connectivity index (χ2n) is 7.72. The number of nitrogens with zero attached hydrogens (tertiary/aromatic N) is 3. The van der Waals surface area contributed by atoms with Gasteiger partial charge in [-0.15, -0.1) is 0 Å². The van der Waals surface area contributed by atoms with Crippen LogP contribution in [0.2, 0.25) is 0 Å². The molecule has 0 bridgehead atoms. The molecule has 10 nitrogen and oxygen atoms in total. The average molecular weight is 437 g/mol. The van der Waals surface area contributed by atoms with Crippen molar-refractivity contribution in [3.05, 3.63) is 67.5 Å². The number of carbonyl (C=O) groups excluding carboxylic acids is 1. The number of fused-ring (bicyclic) bond motifs is 5. The first-order chi connectivity index (χ1) is 15.3. The number of hydrogen-bond donors (Lipinski definition) is 1. The highest BCUT2D eigenvalue weighted by atomic mass is 16.6. The van der Waals surface area contributed by atoms with Crippen molar-refractivity contribution in [3.8, 4) is 11.4 Å². The van der Waals surface area contributed by atoms with Crippen LogP contribution in [-0.2, 0) is 26.5 Å². The third kappa shape index (κ3) is 2.56. The first kappa shape index (κ1) is 20.3. The molecular weight excluding hydrogens is 418 g/mol. The van der Waals surface area contributed by atoms with Gasteiger partial charge in [0, 0.05) is 23.8 Å². The average Bonchev–Trinajstić information content (AvgIpc) is 3.08. The molecule has 0 saturated carbocycles. The number of ether oxygens (including phenoxy) is 2. The highest BCUT2D eigenvalue weighted by Crippen LogP contribution is 2.43. The summed E-state index contributed by atoms with van der Waals surface area (Å²) in [4.78, 5) is 41.5. The minimum absolute atomic E-state index is 0.0286. The van der Waals surface area contributed by atoms with E-state index in [1.54, 1.807) is 38.1 Å². The van der Waals surface area contributed by atoms with Gasteiger partial charge in [-0.1, -0.05) is 13.0 Å². The van der Waals surface area contributed by atoms with Gasteiger partial charge in [0.1, 0.15) is 6.61 Å². The molecule has 0 saturated heterocycles. The van der Waals surface area contributed by atoms with Crippen LogP contribution in [0.3, 0.4) is 0 Å². The van der Waals surface area contributed by atoms with Gasteiger partial charge in [-0.05, 0) is 31.5 Å². The number of pyridine rings is 2. The van der Waals surface area contributed by atoms with Crippen LogP contribution in [-0.4, -0.2) is 32.2 Å². The summed E-state index contributed by atoms with van der Waals surface area (Å²) < 4.78 is 12.4. The number of carbonyl (C=O) groups is 1. The SMILES string of the molecule is CCOC1c2cc3c([N+](=O)[O-])cccc3nc2-c2cc3c(c(=O)n21)COC(=O)[C@]3(O)CC. The van der Waals surface area contributed by atoms with Crippen molar-refractivity contribution in [2.24, 2.45) is 0 Å². The quantitative estimate of drug-likeness (QED) is 0.374. The van der Waals surface area contributed by atoms with Gasteiger partial charge in [0.2, 0.25) is 0 Å². The second-order valence-corrected chi connectivity index (χ2v) is 7.72. The molecule has 0 aliphatic carbocycles. The third-order valence-electron chi connectivity index (χ3n) is 6.12. The molecule has 2 atom stereocenters. The Morgan fingerprint density at radius 2 is 2.12 bits per heavy atom. The molecule has 1 aromatic carbocycles. The molecule has 0 spiro atoms. The van der Waals surface area contributed by atoms with Gasteiger partial charge in [-0.25, -0.2) is 9.78 Å². The van der Waals surface area contributed by atoms with E-state index in [2.05, 4.69) is 4.98 Å². The van der Waals surface area contributed by atoms with Crippen LogP contribution in [0, 0.1) is 10.1 Å². The summed E-state index contributed by atoms with van der Waals surface area (Å²) in [6, 6.07) is 7.78. The maximum absolute atomic E-state index is 13.5. The summed E-state index contributed by atoms with van der Waals surface area (Å²) in [5.74, 6) is -0.807. The molecule has 1 unspecified atom stereocenters. The van der Waals surface area contributed by atoms with E-state index in [0.717, 1.165) is 0 Å². The van der Waals surface area contributed by atoms with Crippen molar-refractivity contribution in [1.29, 1.82) is 0 Å². The molecular formula is C22H19N3O7. The summed E-state index contributed by atoms with van der Waals surface area (Å²) in [7, 11) is 0. The number of rotatable bonds is 4. The summed E-state index contributed by atoms with van der Waals surface area (Å²) in [5, 5.41) is 22.8. The number of esters is 1. The predicted octanol–water partition coefficient (Wildman–Crippen LogP) is 2.52. The Morgan fingerprint density at radius 1 is 1.34 bits per heavy atom. The minimum atomic E-state index is -1.94. The summed E-state index contributed by atoms with van der Waals surface area (Å²) in [5.41, 5.74) is -0.477. The van der Waals surface area contributed by atoms with E-state index < -0.39 is 28.3 Å². The Hall–Kier alpha value is -3.63. The number of aliphatic hydroxyl groups is 1. The first-order valence-corrected chi connectivity index (χ1v) is 10.2. The molecule has 164 valence electrons. The van der Waals surface area contributed by atoms with E-state index in [-0.39, 0.29) is 36.4 Å². The van der Waals surface area contributed by atoms with Gasteiger partial charge in [-0.2, -0.15) is 0 Å². The summed E-state index contributed by atoms with van der Waals surface area (Å²) in [6.45, 7) is 3.42. The minimum Gasteiger partial charge on any atom is -0.458 e. The third-order valence-corrected chi connectivity index (χ3v) is 6.12. The fraction of sp³-hybridized carbons (Fsp3) is 0.318. The lowest BCUT2D eigenvalue weighted by molar-refractivity contribution is -0.383. The zero-order valence-electron chi connectivity index (χ0n) is 17.3. The zero-order valence-corrected chi connectivity index (χ0v) is 17.3. The Bertz CT molecular complexity index is 1380. The van der Waals surface area contributed by atoms with Crippen molar-refractivity contribution in [1.82, 2.24) is 9.55 Å². The number of benzene rings is 1. The molecule has 1 N–H and O–H groups in total. The van der Waals surface area contributed by atoms with E-state index in [0.29, 0.717) is 27.9 Å². The summed E-state index contributed by atoms with van der Waals surface area (Å²) >= 11 is 0. The molecule has 10 heteroatoms. The normalized spacial score (nSPS) is 21.1. The van der Waals surface area contributed by atoms with Crippen molar-refractivity contribution in [3.63, 3.8) is 0 Å². The second kappa shape index (κ2) is 6.94. The summed E-state index contributed by atoms with van der Waals surface area (Å²) in [6.07, 6.45) is -0.826. The lowest BCUT2D eigenvalue weighted by Gasteiger charge is -2.32. The molecule has 0 amide bonds. The van der Waals surface area contributed by atoms with Gasteiger partial charge in [-0.3, -0.25) is 19.5 Å². The number of cyclic esters (lactones) is 1. The largest absolute Gasteiger partial charge is 0.458 e. The van der Waals surface area contributed by atoms with Crippen molar-refractivity contribution < 1.29 is 24.3 Å². The van der Waals surface area contributed by atoms with Crippen LogP contribution in [0.15, 0.2) is 35.1 Å². The molecule has 32 heavy (non-hydrogen) atoms. The Balaban J connectivity index is 1.85. The van der Waals surface area contributed by atoms with E-state index in [4.69, 9.17) is 9.47 Å². The molecule has 0 radical (unpaired) electrons. The van der Waals surface area contributed by atoms with Crippen LogP contribution in [0.5, 0.6) is 0 Å². The predicted molar refractivity (Wildman–Crippen MR) is 112 cm³/mol. The van der Waals surface area contributed by atoms with Crippen LogP contribution >= 0.6 is 0 Å². The van der Waals surface area contributed by atoms with Crippen LogP contribution in [0.1, 0.15) is 43.2 Å². The van der Waals surface area contributed by atoms with Crippen LogP contribution in [0.4, 0.5) is 5.69 Å². The zero-order chi connectivity index (χ0) is 22.8.